The van der Waals surface area contributed by atoms with Crippen molar-refractivity contribution in [1.82, 2.24) is 10.3 Å². The topological polar surface area (TPSA) is 124 Å². The lowest BCUT2D eigenvalue weighted by Crippen LogP contribution is -2.26. The number of sulfonamides is 1. The highest BCUT2D eigenvalue weighted by Gasteiger charge is 2.10. The molecular weight excluding hydrogens is 406 g/mol. The molecule has 3 rings (SSSR count). The largest absolute Gasteiger partial charge is 0.492 e. The van der Waals surface area contributed by atoms with Crippen LogP contribution in [0.4, 0.5) is 5.69 Å². The van der Waals surface area contributed by atoms with Gasteiger partial charge in [-0.15, -0.1) is 0 Å². The van der Waals surface area contributed by atoms with Gasteiger partial charge in [-0.2, -0.15) is 0 Å². The smallest absolute Gasteiger partial charge is 0.229 e. The Morgan fingerprint density at radius 2 is 2.00 bits per heavy atom. The maximum absolute atomic E-state index is 11.3. The van der Waals surface area contributed by atoms with E-state index in [1.165, 1.54) is 0 Å². The Labute approximate surface area is 175 Å². The summed E-state index contributed by atoms with van der Waals surface area (Å²) in [6.07, 6.45) is 0.305. The summed E-state index contributed by atoms with van der Waals surface area (Å²) in [5, 5.41) is 23.9. The number of ether oxygens (including phenoxy) is 1. The maximum Gasteiger partial charge on any atom is 0.229 e. The standard InChI is InChI=1S/C21H27N3O5S/c1-14-19(13-25)18-7-6-17(11-20(18)23-14)29-9-8-22-12-21(26)15-4-3-5-16(10-15)24-30(2,27)28/h3-7,10-11,21-26H,8-9,12-13H2,1-2H3. The minimum Gasteiger partial charge on any atom is -0.492 e. The fourth-order valence-electron chi connectivity index (χ4n) is 3.28. The molecule has 0 bridgehead atoms. The van der Waals surface area contributed by atoms with Crippen molar-refractivity contribution in [3.63, 3.8) is 0 Å². The molecule has 3 aromatic rings. The van der Waals surface area contributed by atoms with E-state index < -0.39 is 16.1 Å². The first-order valence-electron chi connectivity index (χ1n) is 9.58. The molecule has 0 radical (unpaired) electrons. The lowest BCUT2D eigenvalue weighted by molar-refractivity contribution is 0.172. The lowest BCUT2D eigenvalue weighted by atomic mass is 10.1. The summed E-state index contributed by atoms with van der Waals surface area (Å²) in [6, 6.07) is 12.4. The highest BCUT2D eigenvalue weighted by molar-refractivity contribution is 7.92. The molecule has 0 aliphatic heterocycles. The number of anilines is 1. The number of aromatic nitrogens is 1. The van der Waals surface area contributed by atoms with Crippen molar-refractivity contribution in [3.05, 3.63) is 59.3 Å². The van der Waals surface area contributed by atoms with Gasteiger partial charge in [-0.05, 0) is 36.8 Å². The predicted octanol–water partition coefficient (Wildman–Crippen LogP) is 2.04. The highest BCUT2D eigenvalue weighted by Crippen LogP contribution is 2.26. The number of hydrogen-bond donors (Lipinski definition) is 5. The number of hydrogen-bond acceptors (Lipinski definition) is 6. The van der Waals surface area contributed by atoms with Gasteiger partial charge in [0.25, 0.3) is 0 Å². The summed E-state index contributed by atoms with van der Waals surface area (Å²) in [7, 11) is -3.37. The molecule has 0 aliphatic rings. The molecule has 0 saturated heterocycles. The fraction of sp³-hybridized carbons (Fsp3) is 0.333. The van der Waals surface area contributed by atoms with Crippen LogP contribution < -0.4 is 14.8 Å². The number of H-pyrrole nitrogens is 1. The van der Waals surface area contributed by atoms with Crippen molar-refractivity contribution >= 4 is 26.6 Å². The quantitative estimate of drug-likeness (QED) is 0.312. The molecule has 30 heavy (non-hydrogen) atoms. The molecule has 5 N–H and O–H groups in total. The number of fused-ring (bicyclic) bond motifs is 1. The first-order valence-corrected chi connectivity index (χ1v) is 11.5. The molecule has 9 heteroatoms. The third kappa shape index (κ3) is 5.73. The third-order valence-electron chi connectivity index (χ3n) is 4.71. The van der Waals surface area contributed by atoms with Gasteiger partial charge in [0.05, 0.1) is 19.0 Å². The first-order chi connectivity index (χ1) is 14.3. The molecule has 1 unspecified atom stereocenters. The summed E-state index contributed by atoms with van der Waals surface area (Å²) < 4.78 is 30.8. The molecule has 0 spiro atoms. The van der Waals surface area contributed by atoms with Crippen LogP contribution in [0.3, 0.4) is 0 Å². The Morgan fingerprint density at radius 1 is 1.20 bits per heavy atom. The minimum atomic E-state index is -3.37. The maximum atomic E-state index is 11.3. The van der Waals surface area contributed by atoms with Gasteiger partial charge in [-0.3, -0.25) is 4.72 Å². The van der Waals surface area contributed by atoms with E-state index in [1.807, 2.05) is 25.1 Å². The van der Waals surface area contributed by atoms with Gasteiger partial charge in [0, 0.05) is 47.0 Å². The Bertz CT molecular complexity index is 1110. The van der Waals surface area contributed by atoms with E-state index in [2.05, 4.69) is 15.0 Å². The average Bonchev–Trinajstić information content (AvgIpc) is 3.00. The molecule has 1 heterocycles. The van der Waals surface area contributed by atoms with Gasteiger partial charge in [0.15, 0.2) is 0 Å². The van der Waals surface area contributed by atoms with E-state index in [1.54, 1.807) is 24.3 Å². The van der Waals surface area contributed by atoms with Gasteiger partial charge in [-0.1, -0.05) is 12.1 Å². The van der Waals surface area contributed by atoms with Crippen LogP contribution in [0.25, 0.3) is 10.9 Å². The van der Waals surface area contributed by atoms with Crippen LogP contribution in [0, 0.1) is 6.92 Å². The van der Waals surface area contributed by atoms with Crippen LogP contribution in [0.2, 0.25) is 0 Å². The Hall–Kier alpha value is -2.59. The SMILES string of the molecule is Cc1[nH]c2cc(OCCNCC(O)c3cccc(NS(C)(=O)=O)c3)ccc2c1CO. The van der Waals surface area contributed by atoms with Gasteiger partial charge >= 0.3 is 0 Å². The van der Waals surface area contributed by atoms with Crippen molar-refractivity contribution in [3.8, 4) is 5.75 Å². The second kappa shape index (κ2) is 9.48. The van der Waals surface area contributed by atoms with E-state index in [0.717, 1.165) is 34.2 Å². The minimum absolute atomic E-state index is 0.00842. The molecule has 0 amide bonds. The number of aliphatic hydroxyl groups is 2. The predicted molar refractivity (Wildman–Crippen MR) is 117 cm³/mol. The van der Waals surface area contributed by atoms with Gasteiger partial charge in [0.2, 0.25) is 10.0 Å². The zero-order valence-corrected chi connectivity index (χ0v) is 17.8. The molecule has 8 nitrogen and oxygen atoms in total. The Balaban J connectivity index is 1.47. The summed E-state index contributed by atoms with van der Waals surface area (Å²) in [5.41, 5.74) is 3.78. The second-order valence-corrected chi connectivity index (χ2v) is 8.91. The van der Waals surface area contributed by atoms with Crippen molar-refractivity contribution in [2.75, 3.05) is 30.7 Å². The van der Waals surface area contributed by atoms with Crippen molar-refractivity contribution in [2.45, 2.75) is 19.6 Å². The normalized spacial score (nSPS) is 12.8. The molecule has 0 saturated carbocycles. The Kier molecular flexibility index (Phi) is 6.99. The lowest BCUT2D eigenvalue weighted by Gasteiger charge is -2.14. The third-order valence-corrected chi connectivity index (χ3v) is 5.32. The molecule has 0 aliphatic carbocycles. The van der Waals surface area contributed by atoms with E-state index >= 15 is 0 Å². The molecule has 1 aromatic heterocycles. The van der Waals surface area contributed by atoms with Gasteiger partial charge in [0.1, 0.15) is 12.4 Å². The number of nitrogens with one attached hydrogen (secondary N) is 3. The van der Waals surface area contributed by atoms with Gasteiger partial charge < -0.3 is 25.3 Å². The van der Waals surface area contributed by atoms with E-state index in [0.29, 0.717) is 30.9 Å². The van der Waals surface area contributed by atoms with E-state index in [-0.39, 0.29) is 6.61 Å². The first kappa shape index (κ1) is 22.1. The van der Waals surface area contributed by atoms with Crippen LogP contribution >= 0.6 is 0 Å². The van der Waals surface area contributed by atoms with Crippen molar-refractivity contribution in [1.29, 1.82) is 0 Å². The number of aromatic amines is 1. The van der Waals surface area contributed by atoms with Gasteiger partial charge in [-0.25, -0.2) is 8.42 Å². The second-order valence-electron chi connectivity index (χ2n) is 7.16. The summed E-state index contributed by atoms with van der Waals surface area (Å²) in [4.78, 5) is 3.24. The van der Waals surface area contributed by atoms with Crippen molar-refractivity contribution < 1.29 is 23.4 Å². The molecule has 1 atom stereocenters. The van der Waals surface area contributed by atoms with Crippen LogP contribution in [0.1, 0.15) is 22.9 Å². The number of aryl methyl sites for hydroxylation is 1. The fourth-order valence-corrected chi connectivity index (χ4v) is 3.84. The average molecular weight is 434 g/mol. The number of benzene rings is 2. The molecule has 0 fully saturated rings. The van der Waals surface area contributed by atoms with Crippen LogP contribution in [-0.4, -0.2) is 49.6 Å². The summed E-state index contributed by atoms with van der Waals surface area (Å²) in [6.45, 7) is 3.17. The summed E-state index contributed by atoms with van der Waals surface area (Å²) >= 11 is 0. The zero-order valence-electron chi connectivity index (χ0n) is 17.0. The molecule has 162 valence electrons. The Morgan fingerprint density at radius 3 is 2.73 bits per heavy atom. The van der Waals surface area contributed by atoms with Crippen LogP contribution in [0.15, 0.2) is 42.5 Å². The molecule has 2 aromatic carbocycles. The monoisotopic (exact) mass is 433 g/mol. The van der Waals surface area contributed by atoms with E-state index in [4.69, 9.17) is 4.74 Å². The zero-order chi connectivity index (χ0) is 21.7. The van der Waals surface area contributed by atoms with Crippen molar-refractivity contribution in [2.24, 2.45) is 0 Å². The highest BCUT2D eigenvalue weighted by atomic mass is 32.2. The number of rotatable bonds is 10. The number of aliphatic hydroxyl groups excluding tert-OH is 2. The van der Waals surface area contributed by atoms with E-state index in [9.17, 15) is 18.6 Å². The van der Waals surface area contributed by atoms with Crippen LogP contribution in [0.5, 0.6) is 5.75 Å². The molecular formula is C21H27N3O5S. The summed E-state index contributed by atoms with van der Waals surface area (Å²) in [5.74, 6) is 0.718. The van der Waals surface area contributed by atoms with Crippen LogP contribution in [-0.2, 0) is 16.6 Å².